The summed E-state index contributed by atoms with van der Waals surface area (Å²) in [5.41, 5.74) is 0.924. The van der Waals surface area contributed by atoms with Crippen LogP contribution >= 0.6 is 0 Å². The van der Waals surface area contributed by atoms with E-state index in [4.69, 9.17) is 4.74 Å². The van der Waals surface area contributed by atoms with Gasteiger partial charge in [0.15, 0.2) is 0 Å². The van der Waals surface area contributed by atoms with Gasteiger partial charge in [0.05, 0.1) is 11.8 Å². The highest BCUT2D eigenvalue weighted by atomic mass is 16.5. The first-order valence-corrected chi connectivity index (χ1v) is 5.40. The fraction of sp³-hybridized carbons (Fsp3) is 0.636. The third-order valence-corrected chi connectivity index (χ3v) is 2.07. The number of aromatic nitrogens is 2. The minimum atomic E-state index is 0.208. The highest BCUT2D eigenvalue weighted by molar-refractivity contribution is 5.11. The quantitative estimate of drug-likeness (QED) is 0.775. The van der Waals surface area contributed by atoms with E-state index >= 15 is 0 Å². The summed E-state index contributed by atoms with van der Waals surface area (Å²) in [7, 11) is 1.88. The SMILES string of the molecule is CCCC(C)Oc1ccc(CNC)nn1. The molecule has 4 nitrogen and oxygen atoms in total. The molecule has 1 atom stereocenters. The van der Waals surface area contributed by atoms with Gasteiger partial charge in [0.25, 0.3) is 0 Å². The van der Waals surface area contributed by atoms with E-state index in [1.165, 1.54) is 0 Å². The van der Waals surface area contributed by atoms with Crippen molar-refractivity contribution >= 4 is 0 Å². The molecule has 0 bridgehead atoms. The second-order valence-electron chi connectivity index (χ2n) is 3.61. The molecule has 0 fully saturated rings. The maximum absolute atomic E-state index is 5.59. The standard InChI is InChI=1S/C11H19N3O/c1-4-5-9(2)15-11-7-6-10(8-12-3)13-14-11/h6-7,9,12H,4-5,8H2,1-3H3. The topological polar surface area (TPSA) is 47.0 Å². The van der Waals surface area contributed by atoms with E-state index in [9.17, 15) is 0 Å². The summed E-state index contributed by atoms with van der Waals surface area (Å²) < 4.78 is 5.59. The molecule has 0 aliphatic heterocycles. The van der Waals surface area contributed by atoms with Gasteiger partial charge in [-0.2, -0.15) is 5.10 Å². The van der Waals surface area contributed by atoms with Gasteiger partial charge < -0.3 is 10.1 Å². The lowest BCUT2D eigenvalue weighted by molar-refractivity contribution is 0.199. The summed E-state index contributed by atoms with van der Waals surface area (Å²) in [5.74, 6) is 0.607. The number of nitrogens with zero attached hydrogens (tertiary/aromatic N) is 2. The van der Waals surface area contributed by atoms with Gasteiger partial charge in [-0.15, -0.1) is 5.10 Å². The van der Waals surface area contributed by atoms with Gasteiger partial charge in [-0.1, -0.05) is 13.3 Å². The summed E-state index contributed by atoms with van der Waals surface area (Å²) in [6, 6.07) is 3.79. The normalized spacial score (nSPS) is 12.5. The second-order valence-corrected chi connectivity index (χ2v) is 3.61. The number of nitrogens with one attached hydrogen (secondary N) is 1. The molecule has 0 aliphatic carbocycles. The Balaban J connectivity index is 2.48. The van der Waals surface area contributed by atoms with Crippen LogP contribution in [0.1, 0.15) is 32.4 Å². The van der Waals surface area contributed by atoms with Gasteiger partial charge in [-0.05, 0) is 26.5 Å². The van der Waals surface area contributed by atoms with Gasteiger partial charge >= 0.3 is 0 Å². The molecule has 15 heavy (non-hydrogen) atoms. The van der Waals surface area contributed by atoms with Gasteiger partial charge in [0.2, 0.25) is 5.88 Å². The summed E-state index contributed by atoms with van der Waals surface area (Å²) >= 11 is 0. The highest BCUT2D eigenvalue weighted by Gasteiger charge is 2.04. The van der Waals surface area contributed by atoms with Gasteiger partial charge in [-0.3, -0.25) is 0 Å². The van der Waals surface area contributed by atoms with E-state index in [-0.39, 0.29) is 6.10 Å². The molecule has 1 unspecified atom stereocenters. The van der Waals surface area contributed by atoms with Crippen molar-refractivity contribution in [2.75, 3.05) is 7.05 Å². The van der Waals surface area contributed by atoms with Crippen molar-refractivity contribution in [3.8, 4) is 5.88 Å². The first-order valence-electron chi connectivity index (χ1n) is 5.40. The molecule has 0 amide bonds. The Morgan fingerprint density at radius 2 is 2.20 bits per heavy atom. The molecular weight excluding hydrogens is 190 g/mol. The number of hydrogen-bond donors (Lipinski definition) is 1. The second kappa shape index (κ2) is 6.35. The Hall–Kier alpha value is -1.16. The Morgan fingerprint density at radius 1 is 1.40 bits per heavy atom. The monoisotopic (exact) mass is 209 g/mol. The maximum atomic E-state index is 5.59. The largest absolute Gasteiger partial charge is 0.474 e. The molecule has 0 aliphatic rings. The Bertz CT molecular complexity index is 274. The summed E-state index contributed by atoms with van der Waals surface area (Å²) in [6.45, 7) is 4.92. The van der Waals surface area contributed by atoms with Crippen molar-refractivity contribution in [2.24, 2.45) is 0 Å². The molecule has 0 aromatic carbocycles. The van der Waals surface area contributed by atoms with E-state index in [0.29, 0.717) is 5.88 Å². The van der Waals surface area contributed by atoms with Gasteiger partial charge in [-0.25, -0.2) is 0 Å². The Kier molecular flexibility index (Phi) is 5.04. The van der Waals surface area contributed by atoms with Crippen LogP contribution in [0.3, 0.4) is 0 Å². The zero-order valence-corrected chi connectivity index (χ0v) is 9.66. The third-order valence-electron chi connectivity index (χ3n) is 2.07. The summed E-state index contributed by atoms with van der Waals surface area (Å²) in [5, 5.41) is 11.1. The van der Waals surface area contributed by atoms with Crippen molar-refractivity contribution in [2.45, 2.75) is 39.3 Å². The minimum Gasteiger partial charge on any atom is -0.474 e. The lowest BCUT2D eigenvalue weighted by Gasteiger charge is -2.12. The molecule has 0 radical (unpaired) electrons. The summed E-state index contributed by atoms with van der Waals surface area (Å²) in [6.07, 6.45) is 2.37. The Morgan fingerprint density at radius 3 is 2.73 bits per heavy atom. The van der Waals surface area contributed by atoms with Crippen molar-refractivity contribution < 1.29 is 4.74 Å². The lowest BCUT2D eigenvalue weighted by atomic mass is 10.2. The van der Waals surface area contributed by atoms with E-state index in [0.717, 1.165) is 25.1 Å². The third kappa shape index (κ3) is 4.25. The van der Waals surface area contributed by atoms with E-state index in [1.807, 2.05) is 26.1 Å². The van der Waals surface area contributed by atoms with Crippen LogP contribution < -0.4 is 10.1 Å². The van der Waals surface area contributed by atoms with Crippen LogP contribution in [0.4, 0.5) is 0 Å². The average Bonchev–Trinajstić information content (AvgIpc) is 2.22. The van der Waals surface area contributed by atoms with E-state index in [2.05, 4.69) is 22.4 Å². The zero-order valence-electron chi connectivity index (χ0n) is 9.66. The van der Waals surface area contributed by atoms with Crippen LogP contribution in [0, 0.1) is 0 Å². The minimum absolute atomic E-state index is 0.208. The van der Waals surface area contributed by atoms with Crippen LogP contribution in [0.15, 0.2) is 12.1 Å². The Labute approximate surface area is 91.1 Å². The zero-order chi connectivity index (χ0) is 11.1. The van der Waals surface area contributed by atoms with Crippen LogP contribution in [0.5, 0.6) is 5.88 Å². The molecule has 1 rings (SSSR count). The fourth-order valence-corrected chi connectivity index (χ4v) is 1.36. The average molecular weight is 209 g/mol. The molecular formula is C11H19N3O. The first-order chi connectivity index (χ1) is 7.26. The van der Waals surface area contributed by atoms with Crippen molar-refractivity contribution in [3.63, 3.8) is 0 Å². The van der Waals surface area contributed by atoms with Crippen LogP contribution in [-0.4, -0.2) is 23.3 Å². The molecule has 1 heterocycles. The lowest BCUT2D eigenvalue weighted by Crippen LogP contribution is -2.13. The fourth-order valence-electron chi connectivity index (χ4n) is 1.36. The van der Waals surface area contributed by atoms with Crippen LogP contribution in [0.25, 0.3) is 0 Å². The van der Waals surface area contributed by atoms with Gasteiger partial charge in [0, 0.05) is 12.6 Å². The molecule has 0 saturated carbocycles. The van der Waals surface area contributed by atoms with E-state index in [1.54, 1.807) is 0 Å². The molecule has 4 heteroatoms. The predicted octanol–water partition coefficient (Wildman–Crippen LogP) is 1.76. The van der Waals surface area contributed by atoms with Crippen molar-refractivity contribution in [3.05, 3.63) is 17.8 Å². The molecule has 84 valence electrons. The number of ether oxygens (including phenoxy) is 1. The molecule has 0 saturated heterocycles. The highest BCUT2D eigenvalue weighted by Crippen LogP contribution is 2.09. The van der Waals surface area contributed by atoms with Gasteiger partial charge in [0.1, 0.15) is 0 Å². The molecule has 1 aromatic heterocycles. The predicted molar refractivity (Wildman–Crippen MR) is 59.8 cm³/mol. The smallest absolute Gasteiger partial charge is 0.233 e. The van der Waals surface area contributed by atoms with Crippen LogP contribution in [-0.2, 0) is 6.54 Å². The maximum Gasteiger partial charge on any atom is 0.233 e. The number of rotatable bonds is 6. The first kappa shape index (κ1) is 11.9. The summed E-state index contributed by atoms with van der Waals surface area (Å²) in [4.78, 5) is 0. The van der Waals surface area contributed by atoms with E-state index < -0.39 is 0 Å². The van der Waals surface area contributed by atoms with Crippen molar-refractivity contribution in [1.82, 2.24) is 15.5 Å². The molecule has 0 spiro atoms. The molecule has 1 N–H and O–H groups in total. The number of hydrogen-bond acceptors (Lipinski definition) is 4. The van der Waals surface area contributed by atoms with Crippen LogP contribution in [0.2, 0.25) is 0 Å². The van der Waals surface area contributed by atoms with Crippen molar-refractivity contribution in [1.29, 1.82) is 0 Å². The molecule has 1 aromatic rings.